The van der Waals surface area contributed by atoms with Crippen LogP contribution >= 0.6 is 0 Å². The average molecular weight is 230 g/mol. The number of hydrogen-bond donors (Lipinski definition) is 0. The number of carbonyl (C=O) groups is 1. The second-order valence-corrected chi connectivity index (χ2v) is 4.34. The Bertz CT molecular complexity index is 541. The van der Waals surface area contributed by atoms with Gasteiger partial charge in [-0.3, -0.25) is 4.79 Å². The Morgan fingerprint density at radius 1 is 1.41 bits per heavy atom. The molecule has 3 heterocycles. The van der Waals surface area contributed by atoms with Crippen LogP contribution in [0, 0.1) is 0 Å². The molecule has 0 unspecified atom stereocenters. The average Bonchev–Trinajstić information content (AvgIpc) is 2.83. The minimum Gasteiger partial charge on any atom is -0.381 e. The molecule has 0 aromatic carbocycles. The molecular formula is C13H14N2O2. The van der Waals surface area contributed by atoms with Crippen LogP contribution in [0.2, 0.25) is 0 Å². The van der Waals surface area contributed by atoms with Gasteiger partial charge in [-0.05, 0) is 25.0 Å². The quantitative estimate of drug-likeness (QED) is 0.741. The fraction of sp³-hybridized carbons (Fsp3) is 0.385. The first-order chi connectivity index (χ1) is 8.40. The Morgan fingerprint density at radius 2 is 2.24 bits per heavy atom. The lowest BCUT2D eigenvalue weighted by Crippen LogP contribution is -2.16. The zero-order chi connectivity index (χ0) is 11.7. The third-order valence-corrected chi connectivity index (χ3v) is 3.35. The normalized spacial score (nSPS) is 17.4. The molecule has 0 saturated carbocycles. The van der Waals surface area contributed by atoms with E-state index in [1.165, 1.54) is 0 Å². The van der Waals surface area contributed by atoms with Gasteiger partial charge in [-0.2, -0.15) is 0 Å². The molecule has 17 heavy (non-hydrogen) atoms. The molecule has 88 valence electrons. The summed E-state index contributed by atoms with van der Waals surface area (Å²) in [6.07, 6.45) is 6.65. The van der Waals surface area contributed by atoms with Gasteiger partial charge in [0, 0.05) is 30.9 Å². The molecule has 0 radical (unpaired) electrons. The lowest BCUT2D eigenvalue weighted by molar-refractivity contribution is 0.0835. The van der Waals surface area contributed by atoms with Gasteiger partial charge in [0.25, 0.3) is 0 Å². The highest BCUT2D eigenvalue weighted by molar-refractivity contribution is 5.85. The van der Waals surface area contributed by atoms with Crippen molar-refractivity contribution < 1.29 is 9.53 Å². The van der Waals surface area contributed by atoms with E-state index in [-0.39, 0.29) is 0 Å². The van der Waals surface area contributed by atoms with Gasteiger partial charge in [0.15, 0.2) is 6.29 Å². The molecule has 0 spiro atoms. The highest BCUT2D eigenvalue weighted by atomic mass is 16.5. The molecular weight excluding hydrogens is 216 g/mol. The molecule has 1 aliphatic rings. The van der Waals surface area contributed by atoms with Gasteiger partial charge in [-0.1, -0.05) is 0 Å². The minimum atomic E-state index is 0.438. The van der Waals surface area contributed by atoms with Crippen molar-refractivity contribution in [1.29, 1.82) is 0 Å². The molecule has 0 aliphatic carbocycles. The summed E-state index contributed by atoms with van der Waals surface area (Å²) < 4.78 is 7.39. The number of hydrogen-bond acceptors (Lipinski definition) is 3. The molecule has 1 aliphatic heterocycles. The number of nitrogens with zero attached hydrogens (tertiary/aromatic N) is 2. The monoisotopic (exact) mass is 230 g/mol. The predicted molar refractivity (Wildman–Crippen MR) is 63.4 cm³/mol. The number of aromatic nitrogens is 2. The third kappa shape index (κ3) is 1.74. The first kappa shape index (κ1) is 10.5. The van der Waals surface area contributed by atoms with E-state index < -0.39 is 0 Å². The van der Waals surface area contributed by atoms with Crippen LogP contribution in [0.25, 0.3) is 5.52 Å². The van der Waals surface area contributed by atoms with Crippen LogP contribution in [0.3, 0.4) is 0 Å². The van der Waals surface area contributed by atoms with Crippen molar-refractivity contribution in [3.05, 3.63) is 35.9 Å². The van der Waals surface area contributed by atoms with Gasteiger partial charge in [-0.25, -0.2) is 4.98 Å². The van der Waals surface area contributed by atoms with Crippen LogP contribution in [-0.2, 0) is 4.74 Å². The largest absolute Gasteiger partial charge is 0.381 e. The van der Waals surface area contributed by atoms with E-state index in [1.807, 2.05) is 22.7 Å². The summed E-state index contributed by atoms with van der Waals surface area (Å²) in [5.41, 5.74) is 1.59. The molecule has 4 nitrogen and oxygen atoms in total. The topological polar surface area (TPSA) is 43.6 Å². The number of aldehydes is 1. The first-order valence-corrected chi connectivity index (χ1v) is 5.89. The van der Waals surface area contributed by atoms with Gasteiger partial charge in [0.1, 0.15) is 5.82 Å². The van der Waals surface area contributed by atoms with Crippen LogP contribution in [0.4, 0.5) is 0 Å². The number of rotatable bonds is 2. The molecule has 0 N–H and O–H groups in total. The van der Waals surface area contributed by atoms with Gasteiger partial charge in [0.2, 0.25) is 0 Å². The maximum atomic E-state index is 10.9. The van der Waals surface area contributed by atoms with Crippen molar-refractivity contribution in [3.8, 4) is 0 Å². The minimum absolute atomic E-state index is 0.438. The molecule has 0 amide bonds. The van der Waals surface area contributed by atoms with E-state index in [4.69, 9.17) is 4.74 Å². The second kappa shape index (κ2) is 4.30. The van der Waals surface area contributed by atoms with Crippen LogP contribution in [-0.4, -0.2) is 28.9 Å². The van der Waals surface area contributed by atoms with Crippen molar-refractivity contribution in [2.75, 3.05) is 13.2 Å². The van der Waals surface area contributed by atoms with Gasteiger partial charge < -0.3 is 9.14 Å². The van der Waals surface area contributed by atoms with Crippen molar-refractivity contribution in [2.24, 2.45) is 0 Å². The number of pyridine rings is 1. The van der Waals surface area contributed by atoms with Crippen molar-refractivity contribution >= 4 is 11.8 Å². The summed E-state index contributed by atoms with van der Waals surface area (Å²) in [5, 5.41) is 0. The molecule has 0 atom stereocenters. The van der Waals surface area contributed by atoms with E-state index in [2.05, 4.69) is 4.98 Å². The van der Waals surface area contributed by atoms with E-state index in [0.717, 1.165) is 43.7 Å². The first-order valence-electron chi connectivity index (χ1n) is 5.89. The molecule has 3 rings (SSSR count). The molecule has 1 fully saturated rings. The zero-order valence-electron chi connectivity index (χ0n) is 9.50. The lowest BCUT2D eigenvalue weighted by Gasteiger charge is -2.21. The zero-order valence-corrected chi connectivity index (χ0v) is 9.50. The summed E-state index contributed by atoms with van der Waals surface area (Å²) in [7, 11) is 0. The molecule has 1 saturated heterocycles. The van der Waals surface area contributed by atoms with E-state index in [0.29, 0.717) is 11.5 Å². The molecule has 2 aromatic heterocycles. The van der Waals surface area contributed by atoms with Gasteiger partial charge in [0.05, 0.1) is 11.7 Å². The molecule has 2 aromatic rings. The molecule has 0 bridgehead atoms. The fourth-order valence-corrected chi connectivity index (χ4v) is 2.42. The van der Waals surface area contributed by atoms with Crippen LogP contribution < -0.4 is 0 Å². The van der Waals surface area contributed by atoms with Gasteiger partial charge >= 0.3 is 0 Å². The second-order valence-electron chi connectivity index (χ2n) is 4.34. The van der Waals surface area contributed by atoms with Crippen LogP contribution in [0.1, 0.15) is 34.9 Å². The Balaban J connectivity index is 2.08. The maximum Gasteiger partial charge on any atom is 0.152 e. The van der Waals surface area contributed by atoms with E-state index in [1.54, 1.807) is 6.20 Å². The lowest BCUT2D eigenvalue weighted by atomic mass is 9.99. The van der Waals surface area contributed by atoms with E-state index >= 15 is 0 Å². The van der Waals surface area contributed by atoms with Crippen molar-refractivity contribution in [3.63, 3.8) is 0 Å². The smallest absolute Gasteiger partial charge is 0.152 e. The van der Waals surface area contributed by atoms with Crippen molar-refractivity contribution in [2.45, 2.75) is 18.8 Å². The van der Waals surface area contributed by atoms with Crippen LogP contribution in [0.15, 0.2) is 24.5 Å². The Hall–Kier alpha value is -1.68. The Kier molecular flexibility index (Phi) is 2.65. The summed E-state index contributed by atoms with van der Waals surface area (Å²) in [5.74, 6) is 1.49. The number of fused-ring (bicyclic) bond motifs is 1. The highest BCUT2D eigenvalue weighted by Crippen LogP contribution is 2.26. The summed E-state index contributed by atoms with van der Waals surface area (Å²) in [6.45, 7) is 1.60. The summed E-state index contributed by atoms with van der Waals surface area (Å²) >= 11 is 0. The summed E-state index contributed by atoms with van der Waals surface area (Å²) in [4.78, 5) is 15.4. The maximum absolute atomic E-state index is 10.9. The van der Waals surface area contributed by atoms with Gasteiger partial charge in [-0.15, -0.1) is 0 Å². The summed E-state index contributed by atoms with van der Waals surface area (Å²) in [6, 6.07) is 3.71. The fourth-order valence-electron chi connectivity index (χ4n) is 2.42. The van der Waals surface area contributed by atoms with E-state index in [9.17, 15) is 4.79 Å². The highest BCUT2D eigenvalue weighted by Gasteiger charge is 2.20. The number of carbonyl (C=O) groups excluding carboxylic acids is 1. The Labute approximate surface area is 99.2 Å². The van der Waals surface area contributed by atoms with Crippen molar-refractivity contribution in [1.82, 2.24) is 9.38 Å². The number of imidazole rings is 1. The number of ether oxygens (including phenoxy) is 1. The van der Waals surface area contributed by atoms with Crippen LogP contribution in [0.5, 0.6) is 0 Å². The third-order valence-electron chi connectivity index (χ3n) is 3.35. The predicted octanol–water partition coefficient (Wildman–Crippen LogP) is 2.04. The Morgan fingerprint density at radius 3 is 3.00 bits per heavy atom. The molecule has 4 heteroatoms. The SMILES string of the molecule is O=Cc1cccn2c(C3CCOCC3)ncc12. The standard InChI is InChI=1S/C13H14N2O2/c16-9-11-2-1-5-15-12(11)8-14-13(15)10-3-6-17-7-4-10/h1-2,5,8-10H,3-4,6-7H2.